The van der Waals surface area contributed by atoms with E-state index in [4.69, 9.17) is 19.3 Å². The maximum absolute atomic E-state index is 14.0. The summed E-state index contributed by atoms with van der Waals surface area (Å²) in [5.41, 5.74) is 4.42. The zero-order chi connectivity index (χ0) is 41.2. The van der Waals surface area contributed by atoms with Crippen LogP contribution in [0.1, 0.15) is 77.9 Å². The van der Waals surface area contributed by atoms with Crippen LogP contribution in [-0.4, -0.2) is 64.9 Å². The number of halogens is 3. The van der Waals surface area contributed by atoms with E-state index in [1.54, 1.807) is 26.8 Å². The summed E-state index contributed by atoms with van der Waals surface area (Å²) in [4.78, 5) is 38.6. The number of benzene rings is 4. The molecule has 1 saturated heterocycles. The molecule has 1 aliphatic rings. The fraction of sp³-hybridized carbons (Fsp3) is 0.318. The zero-order valence-corrected chi connectivity index (χ0v) is 32.9. The molecule has 13 heteroatoms. The number of rotatable bonds is 10. The van der Waals surface area contributed by atoms with E-state index in [-0.39, 0.29) is 28.9 Å². The van der Waals surface area contributed by atoms with E-state index >= 15 is 0 Å². The van der Waals surface area contributed by atoms with Gasteiger partial charge in [0.05, 0.1) is 23.8 Å². The molecule has 0 aliphatic carbocycles. The number of alkyl halides is 3. The first-order valence-electron chi connectivity index (χ1n) is 18.5. The molecule has 1 aromatic heterocycles. The second-order valence-corrected chi connectivity index (χ2v) is 15.1. The number of fused-ring (bicyclic) bond motifs is 1. The second-order valence-electron chi connectivity index (χ2n) is 15.1. The van der Waals surface area contributed by atoms with Crippen molar-refractivity contribution in [2.45, 2.75) is 72.4 Å². The molecule has 2 heterocycles. The minimum absolute atomic E-state index is 0.0453. The number of anilines is 2. The lowest BCUT2D eigenvalue weighted by atomic mass is 9.92. The number of methoxy groups -OCH3 is 1. The van der Waals surface area contributed by atoms with Crippen LogP contribution in [0.5, 0.6) is 5.75 Å². The predicted molar refractivity (Wildman–Crippen MR) is 214 cm³/mol. The molecule has 57 heavy (non-hydrogen) atoms. The number of likely N-dealkylation sites (tertiary alicyclic amines) is 1. The quantitative estimate of drug-likeness (QED) is 0.0841. The second kappa shape index (κ2) is 16.3. The average molecular weight is 783 g/mol. The SMILES string of the molecule is COc1cc(/C=C/c2cccc(-c3cccc(Nc4nn(C(=O)OC(C)(C)C)c5ccc(CN6CC[C@@H](OC(C)=O)C6)cc45)c3C)c2C)c(C(F)(F)F)cc1C=O. The highest BCUT2D eigenvalue weighted by Gasteiger charge is 2.34. The molecule has 0 saturated carbocycles. The molecule has 6 rings (SSSR count). The first-order valence-corrected chi connectivity index (χ1v) is 18.5. The van der Waals surface area contributed by atoms with Crippen molar-refractivity contribution >= 4 is 52.9 Å². The van der Waals surface area contributed by atoms with Gasteiger partial charge in [-0.2, -0.15) is 17.9 Å². The van der Waals surface area contributed by atoms with Crippen molar-refractivity contribution in [1.29, 1.82) is 0 Å². The van der Waals surface area contributed by atoms with Crippen molar-refractivity contribution in [2.75, 3.05) is 25.5 Å². The third-order valence-corrected chi connectivity index (χ3v) is 9.81. The molecule has 0 amide bonds. The van der Waals surface area contributed by atoms with Crippen LogP contribution < -0.4 is 10.1 Å². The Labute approximate surface area is 329 Å². The molecule has 10 nitrogen and oxygen atoms in total. The number of nitrogens with zero attached hydrogens (tertiary/aromatic N) is 3. The van der Waals surface area contributed by atoms with E-state index in [0.717, 1.165) is 52.5 Å². The van der Waals surface area contributed by atoms with Gasteiger partial charge in [-0.25, -0.2) is 4.79 Å². The van der Waals surface area contributed by atoms with Crippen molar-refractivity contribution in [3.8, 4) is 16.9 Å². The lowest BCUT2D eigenvalue weighted by molar-refractivity contribution is -0.145. The normalized spacial score (nSPS) is 14.9. The molecule has 1 fully saturated rings. The lowest BCUT2D eigenvalue weighted by Crippen LogP contribution is -2.27. The molecule has 0 bridgehead atoms. The van der Waals surface area contributed by atoms with Gasteiger partial charge in [0.1, 0.15) is 17.5 Å². The summed E-state index contributed by atoms with van der Waals surface area (Å²) in [7, 11) is 1.30. The van der Waals surface area contributed by atoms with E-state index in [9.17, 15) is 27.6 Å². The number of ether oxygens (including phenoxy) is 3. The number of hydrogen-bond acceptors (Lipinski definition) is 9. The van der Waals surface area contributed by atoms with Gasteiger partial charge in [-0.1, -0.05) is 48.6 Å². The summed E-state index contributed by atoms with van der Waals surface area (Å²) in [5.74, 6) is 0.196. The molecular formula is C44H45F3N4O6. The molecule has 1 aliphatic heterocycles. The molecule has 5 aromatic rings. The smallest absolute Gasteiger partial charge is 0.435 e. The monoisotopic (exact) mass is 782 g/mol. The van der Waals surface area contributed by atoms with Crippen LogP contribution in [0.3, 0.4) is 0 Å². The van der Waals surface area contributed by atoms with Crippen molar-refractivity contribution < 1.29 is 41.8 Å². The zero-order valence-electron chi connectivity index (χ0n) is 32.9. The van der Waals surface area contributed by atoms with Crippen LogP contribution in [0.4, 0.5) is 29.5 Å². The highest BCUT2D eigenvalue weighted by atomic mass is 19.4. The van der Waals surface area contributed by atoms with Gasteiger partial charge in [-0.15, -0.1) is 5.10 Å². The maximum Gasteiger partial charge on any atom is 0.435 e. The summed E-state index contributed by atoms with van der Waals surface area (Å²) >= 11 is 0. The Morgan fingerprint density at radius 3 is 2.30 bits per heavy atom. The van der Waals surface area contributed by atoms with E-state index < -0.39 is 23.4 Å². The number of carbonyl (C=O) groups is 3. The molecule has 298 valence electrons. The standard InChI is InChI=1S/C44H45F3N4O6/c1-26-30(15-16-31-22-40(55-7)32(25-52)21-37(31)44(45,46)47)10-8-11-34(26)35-12-9-13-38(27(35)2)48-41-36-20-29(23-50-19-18-33(24-50)56-28(3)53)14-17-39(36)51(49-41)42(54)57-43(4,5)6/h8-17,20-22,25,33H,18-19,23-24H2,1-7H3,(H,48,49)/b16-15+/t33-/m1/s1. The molecule has 0 unspecified atom stereocenters. The molecular weight excluding hydrogens is 738 g/mol. The van der Waals surface area contributed by atoms with Crippen LogP contribution in [-0.2, 0) is 27.0 Å². The maximum atomic E-state index is 14.0. The van der Waals surface area contributed by atoms with Crippen molar-refractivity contribution in [3.63, 3.8) is 0 Å². The van der Waals surface area contributed by atoms with Crippen LogP contribution in [0.15, 0.2) is 66.7 Å². The number of aldehydes is 1. The summed E-state index contributed by atoms with van der Waals surface area (Å²) < 4.78 is 59.6. The van der Waals surface area contributed by atoms with Gasteiger partial charge in [0.15, 0.2) is 12.1 Å². The molecule has 0 spiro atoms. The first-order chi connectivity index (χ1) is 26.9. The van der Waals surface area contributed by atoms with Crippen LogP contribution in [0, 0.1) is 13.8 Å². The first kappa shape index (κ1) is 40.7. The largest absolute Gasteiger partial charge is 0.496 e. The number of nitrogens with one attached hydrogen (secondary N) is 1. The fourth-order valence-corrected chi connectivity index (χ4v) is 7.09. The van der Waals surface area contributed by atoms with E-state index in [0.29, 0.717) is 41.7 Å². The Hall–Kier alpha value is -5.95. The number of esters is 1. The highest BCUT2D eigenvalue weighted by Crippen LogP contribution is 2.38. The number of aromatic nitrogens is 2. The Morgan fingerprint density at radius 1 is 0.930 bits per heavy atom. The van der Waals surface area contributed by atoms with Gasteiger partial charge in [0.25, 0.3) is 0 Å². The lowest BCUT2D eigenvalue weighted by Gasteiger charge is -2.19. The molecule has 1 N–H and O–H groups in total. The van der Waals surface area contributed by atoms with E-state index in [2.05, 4.69) is 10.2 Å². The molecule has 0 radical (unpaired) electrons. The summed E-state index contributed by atoms with van der Waals surface area (Å²) in [5, 5.41) is 8.88. The fourth-order valence-electron chi connectivity index (χ4n) is 7.09. The Balaban J connectivity index is 1.34. The number of hydrogen-bond donors (Lipinski definition) is 1. The van der Waals surface area contributed by atoms with Gasteiger partial charge in [0, 0.05) is 37.6 Å². The molecule has 1 atom stereocenters. The topological polar surface area (TPSA) is 112 Å². The summed E-state index contributed by atoms with van der Waals surface area (Å²) in [6.45, 7) is 12.7. The third-order valence-electron chi connectivity index (χ3n) is 9.81. The van der Waals surface area contributed by atoms with Gasteiger partial charge < -0.3 is 19.5 Å². The van der Waals surface area contributed by atoms with Gasteiger partial charge >= 0.3 is 18.2 Å². The van der Waals surface area contributed by atoms with Crippen LogP contribution in [0.2, 0.25) is 0 Å². The Morgan fingerprint density at radius 2 is 1.63 bits per heavy atom. The van der Waals surface area contributed by atoms with Crippen molar-refractivity contribution in [2.24, 2.45) is 0 Å². The van der Waals surface area contributed by atoms with Crippen molar-refractivity contribution in [3.05, 3.63) is 106 Å². The van der Waals surface area contributed by atoms with Crippen molar-refractivity contribution in [1.82, 2.24) is 14.7 Å². The van der Waals surface area contributed by atoms with Gasteiger partial charge in [-0.05, 0) is 110 Å². The third kappa shape index (κ3) is 9.20. The Kier molecular flexibility index (Phi) is 11.6. The van der Waals surface area contributed by atoms with Gasteiger partial charge in [-0.3, -0.25) is 14.5 Å². The molecule has 4 aromatic carbocycles. The van der Waals surface area contributed by atoms with Crippen LogP contribution in [0.25, 0.3) is 34.2 Å². The Bertz CT molecular complexity index is 2380. The minimum Gasteiger partial charge on any atom is -0.496 e. The van der Waals surface area contributed by atoms with E-state index in [1.165, 1.54) is 30.9 Å². The summed E-state index contributed by atoms with van der Waals surface area (Å²) in [6, 6.07) is 19.2. The number of carbonyl (C=O) groups excluding carboxylic acids is 3. The van der Waals surface area contributed by atoms with Crippen LogP contribution >= 0.6 is 0 Å². The van der Waals surface area contributed by atoms with Gasteiger partial charge in [0.2, 0.25) is 0 Å². The summed E-state index contributed by atoms with van der Waals surface area (Å²) in [6.07, 6.45) is -1.38. The minimum atomic E-state index is -4.69. The van der Waals surface area contributed by atoms with E-state index in [1.807, 2.05) is 68.4 Å². The average Bonchev–Trinajstić information content (AvgIpc) is 3.73. The predicted octanol–water partition coefficient (Wildman–Crippen LogP) is 9.99. The highest BCUT2D eigenvalue weighted by molar-refractivity contribution is 5.97.